The van der Waals surface area contributed by atoms with Gasteiger partial charge in [0.15, 0.2) is 0 Å². The lowest BCUT2D eigenvalue weighted by Crippen LogP contribution is -2.48. The summed E-state index contributed by atoms with van der Waals surface area (Å²) < 4.78 is 5.48. The fraction of sp³-hybridized carbons (Fsp3) is 0.269. The normalized spacial score (nSPS) is 12.9. The van der Waals surface area contributed by atoms with Crippen molar-refractivity contribution in [2.75, 3.05) is 13.7 Å². The van der Waals surface area contributed by atoms with Gasteiger partial charge in [-0.3, -0.25) is 19.6 Å². The maximum atomic E-state index is 13.0. The highest BCUT2D eigenvalue weighted by Gasteiger charge is 2.31. The number of aromatic nitrogens is 2. The zero-order valence-electron chi connectivity index (χ0n) is 19.5. The quantitative estimate of drug-likeness (QED) is 0.514. The Morgan fingerprint density at radius 1 is 1.03 bits per heavy atom. The summed E-state index contributed by atoms with van der Waals surface area (Å²) in [6.07, 6.45) is 1.64. The molecule has 1 atom stereocenters. The number of alkyl carbamates (subject to hydrolysis) is 1. The second-order valence-corrected chi connectivity index (χ2v) is 8.40. The van der Waals surface area contributed by atoms with Crippen LogP contribution in [0.2, 0.25) is 0 Å². The molecule has 35 heavy (non-hydrogen) atoms. The molecular formula is C26H26N4O5. The van der Waals surface area contributed by atoms with Gasteiger partial charge >= 0.3 is 12.1 Å². The first-order chi connectivity index (χ1) is 16.8. The maximum absolute atomic E-state index is 13.0. The molecule has 4 rings (SSSR count). The van der Waals surface area contributed by atoms with E-state index < -0.39 is 30.4 Å². The summed E-state index contributed by atoms with van der Waals surface area (Å²) in [6, 6.07) is 14.6. The number of aryl methyl sites for hydroxylation is 1. The molecular weight excluding hydrogens is 448 g/mol. The smallest absolute Gasteiger partial charge is 0.407 e. The van der Waals surface area contributed by atoms with Crippen molar-refractivity contribution < 1.29 is 24.2 Å². The van der Waals surface area contributed by atoms with Crippen LogP contribution in [0.25, 0.3) is 11.1 Å². The van der Waals surface area contributed by atoms with Crippen LogP contribution in [0, 0.1) is 6.92 Å². The van der Waals surface area contributed by atoms with E-state index in [0.29, 0.717) is 11.4 Å². The number of carboxylic acids is 1. The third-order valence-electron chi connectivity index (χ3n) is 6.06. The summed E-state index contributed by atoms with van der Waals surface area (Å²) in [5, 5.41) is 11.7. The predicted molar refractivity (Wildman–Crippen MR) is 127 cm³/mol. The molecule has 1 aromatic heterocycles. The topological polar surface area (TPSA) is 122 Å². The van der Waals surface area contributed by atoms with Gasteiger partial charge < -0.3 is 20.1 Å². The van der Waals surface area contributed by atoms with Crippen LogP contribution >= 0.6 is 0 Å². The van der Waals surface area contributed by atoms with E-state index >= 15 is 0 Å². The van der Waals surface area contributed by atoms with Crippen molar-refractivity contribution in [1.82, 2.24) is 20.2 Å². The van der Waals surface area contributed by atoms with E-state index in [1.165, 1.54) is 18.1 Å². The van der Waals surface area contributed by atoms with Gasteiger partial charge in [-0.25, -0.2) is 4.79 Å². The minimum absolute atomic E-state index is 0.0580. The average molecular weight is 475 g/mol. The molecule has 0 aliphatic heterocycles. The van der Waals surface area contributed by atoms with Crippen molar-refractivity contribution in [3.8, 4) is 11.1 Å². The number of carbonyl (C=O) groups is 3. The first-order valence-corrected chi connectivity index (χ1v) is 11.2. The molecule has 2 N–H and O–H groups in total. The first kappa shape index (κ1) is 23.9. The summed E-state index contributed by atoms with van der Waals surface area (Å²) in [5.74, 6) is -1.93. The Labute approximate surface area is 202 Å². The van der Waals surface area contributed by atoms with Crippen LogP contribution in [-0.2, 0) is 20.9 Å². The number of rotatable bonds is 8. The monoisotopic (exact) mass is 474 g/mol. The molecule has 0 saturated heterocycles. The number of nitrogens with one attached hydrogen (secondary N) is 1. The van der Waals surface area contributed by atoms with Gasteiger partial charge in [-0.1, -0.05) is 48.5 Å². The van der Waals surface area contributed by atoms with E-state index in [2.05, 4.69) is 15.3 Å². The number of benzene rings is 2. The number of hydrogen-bond donors (Lipinski definition) is 2. The van der Waals surface area contributed by atoms with E-state index in [-0.39, 0.29) is 19.1 Å². The Hall–Kier alpha value is -4.27. The SMILES string of the molecule is Cc1nccnc1CN(C)C(=O)C(CC(=O)O)NC(=O)OCC1c2ccccc2-c2ccccc21. The number of likely N-dealkylation sites (N-methyl/N-ethyl adjacent to an activating group) is 1. The highest BCUT2D eigenvalue weighted by atomic mass is 16.5. The maximum Gasteiger partial charge on any atom is 0.407 e. The molecule has 9 nitrogen and oxygen atoms in total. The number of nitrogens with zero attached hydrogens (tertiary/aromatic N) is 3. The average Bonchev–Trinajstić information content (AvgIpc) is 3.16. The van der Waals surface area contributed by atoms with Gasteiger partial charge in [0.2, 0.25) is 5.91 Å². The molecule has 2 amide bonds. The second kappa shape index (κ2) is 10.3. The van der Waals surface area contributed by atoms with Gasteiger partial charge in [-0.05, 0) is 29.2 Å². The number of carboxylic acid groups (broad SMARTS) is 1. The Bertz CT molecular complexity index is 1220. The molecule has 1 heterocycles. The first-order valence-electron chi connectivity index (χ1n) is 11.2. The van der Waals surface area contributed by atoms with Crippen LogP contribution in [0.5, 0.6) is 0 Å². The van der Waals surface area contributed by atoms with Crippen LogP contribution in [0.1, 0.15) is 34.9 Å². The van der Waals surface area contributed by atoms with Crippen molar-refractivity contribution >= 4 is 18.0 Å². The van der Waals surface area contributed by atoms with Crippen LogP contribution < -0.4 is 5.32 Å². The number of ether oxygens (including phenoxy) is 1. The summed E-state index contributed by atoms with van der Waals surface area (Å²) in [7, 11) is 1.52. The minimum atomic E-state index is -1.29. The minimum Gasteiger partial charge on any atom is -0.481 e. The van der Waals surface area contributed by atoms with Gasteiger partial charge in [0.05, 0.1) is 24.4 Å². The number of fused-ring (bicyclic) bond motifs is 3. The van der Waals surface area contributed by atoms with Crippen LogP contribution in [0.3, 0.4) is 0 Å². The summed E-state index contributed by atoms with van der Waals surface area (Å²) in [5.41, 5.74) is 5.54. The van der Waals surface area contributed by atoms with Crippen molar-refractivity contribution in [2.45, 2.75) is 31.8 Å². The standard InChI is InChI=1S/C26H26N4O5/c1-16-23(28-12-11-27-16)14-30(2)25(33)22(13-24(31)32)29-26(34)35-15-21-19-9-5-3-7-17(19)18-8-4-6-10-20(18)21/h3-12,21-22H,13-15H2,1-2H3,(H,29,34)(H,31,32). The van der Waals surface area contributed by atoms with Crippen LogP contribution in [0.4, 0.5) is 4.79 Å². The molecule has 0 saturated carbocycles. The van der Waals surface area contributed by atoms with E-state index in [4.69, 9.17) is 4.74 Å². The van der Waals surface area contributed by atoms with Crippen molar-refractivity contribution in [3.63, 3.8) is 0 Å². The number of aliphatic carboxylic acids is 1. The molecule has 0 fully saturated rings. The molecule has 2 aromatic carbocycles. The zero-order valence-corrected chi connectivity index (χ0v) is 19.5. The van der Waals surface area contributed by atoms with E-state index in [9.17, 15) is 19.5 Å². The fourth-order valence-corrected chi connectivity index (χ4v) is 4.32. The van der Waals surface area contributed by atoms with Crippen LogP contribution in [-0.4, -0.2) is 57.6 Å². The van der Waals surface area contributed by atoms with Gasteiger partial charge in [0.25, 0.3) is 0 Å². The Kier molecular flexibility index (Phi) is 7.05. The lowest BCUT2D eigenvalue weighted by atomic mass is 9.98. The number of hydrogen-bond acceptors (Lipinski definition) is 6. The lowest BCUT2D eigenvalue weighted by Gasteiger charge is -2.24. The summed E-state index contributed by atoms with van der Waals surface area (Å²) in [4.78, 5) is 46.6. The van der Waals surface area contributed by atoms with Gasteiger partial charge in [0.1, 0.15) is 12.6 Å². The van der Waals surface area contributed by atoms with Gasteiger partial charge in [0, 0.05) is 25.4 Å². The Balaban J connectivity index is 1.42. The molecule has 3 aromatic rings. The molecule has 180 valence electrons. The Morgan fingerprint density at radius 2 is 1.63 bits per heavy atom. The molecule has 1 aliphatic rings. The largest absolute Gasteiger partial charge is 0.481 e. The highest BCUT2D eigenvalue weighted by Crippen LogP contribution is 2.44. The molecule has 9 heteroatoms. The fourth-order valence-electron chi connectivity index (χ4n) is 4.32. The predicted octanol–water partition coefficient (Wildman–Crippen LogP) is 3.13. The number of amides is 2. The second-order valence-electron chi connectivity index (χ2n) is 8.40. The van der Waals surface area contributed by atoms with Gasteiger partial charge in [-0.15, -0.1) is 0 Å². The molecule has 0 spiro atoms. The van der Waals surface area contributed by atoms with Crippen molar-refractivity contribution in [1.29, 1.82) is 0 Å². The highest BCUT2D eigenvalue weighted by molar-refractivity contribution is 5.89. The third kappa shape index (κ3) is 5.29. The molecule has 0 bridgehead atoms. The third-order valence-corrected chi connectivity index (χ3v) is 6.06. The van der Waals surface area contributed by atoms with E-state index in [1.807, 2.05) is 48.5 Å². The van der Waals surface area contributed by atoms with Gasteiger partial charge in [-0.2, -0.15) is 0 Å². The van der Waals surface area contributed by atoms with Crippen LogP contribution in [0.15, 0.2) is 60.9 Å². The molecule has 1 aliphatic carbocycles. The van der Waals surface area contributed by atoms with Crippen molar-refractivity contribution in [2.24, 2.45) is 0 Å². The number of carbonyl (C=O) groups excluding carboxylic acids is 2. The molecule has 0 radical (unpaired) electrons. The van der Waals surface area contributed by atoms with Crippen molar-refractivity contribution in [3.05, 3.63) is 83.4 Å². The zero-order chi connectivity index (χ0) is 24.9. The summed E-state index contributed by atoms with van der Waals surface area (Å²) in [6.45, 7) is 1.95. The van der Waals surface area contributed by atoms with E-state index in [0.717, 1.165) is 22.3 Å². The lowest BCUT2D eigenvalue weighted by molar-refractivity contribution is -0.142. The molecule has 1 unspecified atom stereocenters. The summed E-state index contributed by atoms with van der Waals surface area (Å²) >= 11 is 0. The Morgan fingerprint density at radius 3 is 2.23 bits per heavy atom. The van der Waals surface area contributed by atoms with E-state index in [1.54, 1.807) is 13.1 Å².